The maximum atomic E-state index is 13.2. The molecule has 2 heterocycles. The number of esters is 1. The third-order valence-corrected chi connectivity index (χ3v) is 6.06. The molecule has 9 heteroatoms. The van der Waals surface area contributed by atoms with Gasteiger partial charge in [-0.05, 0) is 44.8 Å². The second-order valence-corrected chi connectivity index (χ2v) is 8.50. The van der Waals surface area contributed by atoms with Crippen LogP contribution < -0.4 is 4.74 Å². The van der Waals surface area contributed by atoms with Crippen LogP contribution in [-0.4, -0.2) is 79.4 Å². The lowest BCUT2D eigenvalue weighted by molar-refractivity contribution is -0.141. The zero-order valence-electron chi connectivity index (χ0n) is 18.6. The van der Waals surface area contributed by atoms with Crippen molar-refractivity contribution >= 4 is 12.1 Å². The monoisotopic (exact) mass is 449 g/mol. The van der Waals surface area contributed by atoms with E-state index in [9.17, 15) is 14.0 Å². The van der Waals surface area contributed by atoms with Crippen LogP contribution in [0.5, 0.6) is 5.88 Å². The fourth-order valence-electron chi connectivity index (χ4n) is 3.93. The van der Waals surface area contributed by atoms with E-state index in [1.807, 2.05) is 4.90 Å². The molecule has 1 aromatic rings. The molecule has 0 unspecified atom stereocenters. The Hall–Kier alpha value is -2.68. The molecule has 0 aromatic carbocycles. The van der Waals surface area contributed by atoms with E-state index in [-0.39, 0.29) is 30.1 Å². The first-order chi connectivity index (χ1) is 15.4. The molecular weight excluding hydrogens is 417 g/mol. The van der Waals surface area contributed by atoms with Gasteiger partial charge >= 0.3 is 12.1 Å². The van der Waals surface area contributed by atoms with Crippen molar-refractivity contribution in [1.82, 2.24) is 14.8 Å². The normalized spacial score (nSPS) is 17.9. The van der Waals surface area contributed by atoms with Gasteiger partial charge in [0, 0.05) is 30.6 Å². The Bertz CT molecular complexity index is 776. The summed E-state index contributed by atoms with van der Waals surface area (Å²) in [5.74, 6) is -0.292. The average molecular weight is 450 g/mol. The molecule has 1 saturated heterocycles. The van der Waals surface area contributed by atoms with Gasteiger partial charge in [-0.25, -0.2) is 14.2 Å². The summed E-state index contributed by atoms with van der Waals surface area (Å²) >= 11 is 0. The first kappa shape index (κ1) is 24.0. The molecule has 1 saturated carbocycles. The molecule has 0 bridgehead atoms. The molecule has 0 radical (unpaired) electrons. The van der Waals surface area contributed by atoms with Crippen LogP contribution in [-0.2, 0) is 14.3 Å². The molecule has 32 heavy (non-hydrogen) atoms. The number of carbonyl (C=O) groups is 2. The van der Waals surface area contributed by atoms with Crippen molar-refractivity contribution < 1.29 is 28.2 Å². The molecular formula is C23H32FN3O5. The number of methoxy groups -OCH3 is 1. The number of rotatable bonds is 11. The summed E-state index contributed by atoms with van der Waals surface area (Å²) < 4.78 is 29.2. The number of amides is 1. The summed E-state index contributed by atoms with van der Waals surface area (Å²) in [6.07, 6.45) is 6.19. The Morgan fingerprint density at radius 1 is 1.34 bits per heavy atom. The lowest BCUT2D eigenvalue weighted by Crippen LogP contribution is -2.51. The Kier molecular flexibility index (Phi) is 8.44. The molecule has 176 valence electrons. The van der Waals surface area contributed by atoms with Crippen LogP contribution in [0.15, 0.2) is 31.0 Å². The van der Waals surface area contributed by atoms with E-state index in [0.717, 1.165) is 45.0 Å². The van der Waals surface area contributed by atoms with Gasteiger partial charge in [0.1, 0.15) is 12.4 Å². The number of piperidine rings is 1. The van der Waals surface area contributed by atoms with Gasteiger partial charge in [-0.1, -0.05) is 12.7 Å². The topological polar surface area (TPSA) is 81.2 Å². The zero-order valence-corrected chi connectivity index (χ0v) is 18.6. The average Bonchev–Trinajstić information content (AvgIpc) is 3.65. The minimum Gasteiger partial charge on any atom is -0.477 e. The predicted molar refractivity (Wildman–Crippen MR) is 116 cm³/mol. The van der Waals surface area contributed by atoms with E-state index < -0.39 is 5.82 Å². The molecule has 1 amide bonds. The Labute approximate surface area is 188 Å². The minimum absolute atomic E-state index is 0.173. The molecule has 2 aliphatic rings. The summed E-state index contributed by atoms with van der Waals surface area (Å²) in [6.45, 7) is 6.84. The number of nitrogens with zero attached hydrogens (tertiary/aromatic N) is 3. The largest absolute Gasteiger partial charge is 0.477 e. The van der Waals surface area contributed by atoms with Crippen molar-refractivity contribution in [2.75, 3.05) is 46.5 Å². The Balaban J connectivity index is 1.67. The van der Waals surface area contributed by atoms with Crippen molar-refractivity contribution in [2.45, 2.75) is 38.1 Å². The van der Waals surface area contributed by atoms with Crippen LogP contribution in [0.3, 0.4) is 0 Å². The number of carbonyl (C=O) groups excluding carboxylic acids is 2. The summed E-state index contributed by atoms with van der Waals surface area (Å²) in [5, 5.41) is 0. The molecule has 1 aliphatic carbocycles. The highest BCUT2D eigenvalue weighted by molar-refractivity contribution is 5.69. The summed E-state index contributed by atoms with van der Waals surface area (Å²) in [4.78, 5) is 32.2. The van der Waals surface area contributed by atoms with E-state index in [1.54, 1.807) is 6.08 Å². The maximum Gasteiger partial charge on any atom is 0.410 e. The molecule has 0 N–H and O–H groups in total. The van der Waals surface area contributed by atoms with Gasteiger partial charge in [0.05, 0.1) is 26.3 Å². The van der Waals surface area contributed by atoms with Crippen LogP contribution in [0.4, 0.5) is 9.18 Å². The van der Waals surface area contributed by atoms with E-state index in [4.69, 9.17) is 14.2 Å². The molecule has 0 spiro atoms. The van der Waals surface area contributed by atoms with Crippen LogP contribution in [0.1, 0.15) is 32.1 Å². The first-order valence-corrected chi connectivity index (χ1v) is 11.0. The fraction of sp³-hybridized carbons (Fsp3) is 0.609. The SMILES string of the molecule is C=CCOC(=O)N(CC1(COc2ccc(F)cn2)CCN(CCC(=O)OC)CC1)C1CC1. The van der Waals surface area contributed by atoms with E-state index in [2.05, 4.69) is 16.5 Å². The second kappa shape index (κ2) is 11.3. The number of pyridine rings is 1. The zero-order chi connectivity index (χ0) is 23.0. The molecule has 8 nitrogen and oxygen atoms in total. The number of likely N-dealkylation sites (tertiary alicyclic amines) is 1. The maximum absolute atomic E-state index is 13.2. The highest BCUT2D eigenvalue weighted by Crippen LogP contribution is 2.37. The van der Waals surface area contributed by atoms with Gasteiger partial charge < -0.3 is 24.0 Å². The van der Waals surface area contributed by atoms with Crippen LogP contribution in [0.2, 0.25) is 0 Å². The standard InChI is InChI=1S/C23H32FN3O5/c1-3-14-31-22(29)27(19-5-6-19)16-23(17-32-20-7-4-18(24)15-25-20)9-12-26(13-10-23)11-8-21(28)30-2/h3-4,7,15,19H,1,5-6,8-14,16-17H2,2H3. The third-order valence-electron chi connectivity index (χ3n) is 6.06. The Morgan fingerprint density at radius 3 is 2.69 bits per heavy atom. The lowest BCUT2D eigenvalue weighted by Gasteiger charge is -2.43. The minimum atomic E-state index is -0.421. The van der Waals surface area contributed by atoms with E-state index >= 15 is 0 Å². The van der Waals surface area contributed by atoms with Crippen molar-refractivity contribution in [3.8, 4) is 5.88 Å². The highest BCUT2D eigenvalue weighted by atomic mass is 19.1. The van der Waals surface area contributed by atoms with Gasteiger partial charge in [0.2, 0.25) is 5.88 Å². The first-order valence-electron chi connectivity index (χ1n) is 11.0. The number of ether oxygens (including phenoxy) is 3. The number of halogens is 1. The van der Waals surface area contributed by atoms with Crippen molar-refractivity contribution in [3.05, 3.63) is 36.8 Å². The van der Waals surface area contributed by atoms with Crippen LogP contribution in [0.25, 0.3) is 0 Å². The van der Waals surface area contributed by atoms with E-state index in [1.165, 1.54) is 19.2 Å². The number of aromatic nitrogens is 1. The fourth-order valence-corrected chi connectivity index (χ4v) is 3.93. The van der Waals surface area contributed by atoms with Gasteiger partial charge in [0.15, 0.2) is 0 Å². The summed E-state index contributed by atoms with van der Waals surface area (Å²) in [5.41, 5.74) is -0.298. The second-order valence-electron chi connectivity index (χ2n) is 8.50. The van der Waals surface area contributed by atoms with Crippen LogP contribution >= 0.6 is 0 Å². The Morgan fingerprint density at radius 2 is 2.09 bits per heavy atom. The van der Waals surface area contributed by atoms with E-state index in [0.29, 0.717) is 32.0 Å². The van der Waals surface area contributed by atoms with Gasteiger partial charge in [-0.3, -0.25) is 4.79 Å². The summed E-state index contributed by atoms with van der Waals surface area (Å²) in [6, 6.07) is 3.00. The predicted octanol–water partition coefficient (Wildman–Crippen LogP) is 3.03. The van der Waals surface area contributed by atoms with Gasteiger partial charge in [0.25, 0.3) is 0 Å². The highest BCUT2D eigenvalue weighted by Gasteiger charge is 2.43. The molecule has 1 aromatic heterocycles. The van der Waals surface area contributed by atoms with Crippen LogP contribution in [0, 0.1) is 11.2 Å². The van der Waals surface area contributed by atoms with Gasteiger partial charge in [-0.2, -0.15) is 0 Å². The quantitative estimate of drug-likeness (QED) is 0.379. The number of hydrogen-bond acceptors (Lipinski definition) is 7. The van der Waals surface area contributed by atoms with Crippen molar-refractivity contribution in [2.24, 2.45) is 5.41 Å². The molecule has 1 aliphatic heterocycles. The van der Waals surface area contributed by atoms with Crippen molar-refractivity contribution in [3.63, 3.8) is 0 Å². The number of hydrogen-bond donors (Lipinski definition) is 0. The lowest BCUT2D eigenvalue weighted by atomic mass is 9.78. The van der Waals surface area contributed by atoms with Gasteiger partial charge in [-0.15, -0.1) is 0 Å². The summed E-state index contributed by atoms with van der Waals surface area (Å²) in [7, 11) is 1.39. The smallest absolute Gasteiger partial charge is 0.410 e. The third kappa shape index (κ3) is 6.91. The van der Waals surface area contributed by atoms with Crippen molar-refractivity contribution in [1.29, 1.82) is 0 Å². The molecule has 3 rings (SSSR count). The molecule has 2 fully saturated rings. The molecule has 0 atom stereocenters.